The summed E-state index contributed by atoms with van der Waals surface area (Å²) in [6.45, 7) is -0.269. The molecule has 0 aliphatic heterocycles. The second kappa shape index (κ2) is 7.91. The Morgan fingerprint density at radius 2 is 2.04 bits per heavy atom. The summed E-state index contributed by atoms with van der Waals surface area (Å²) < 4.78 is 36.6. The van der Waals surface area contributed by atoms with Crippen molar-refractivity contribution >= 4 is 17.8 Å². The number of carbonyl (C=O) groups is 1. The number of hydrogen-bond acceptors (Lipinski definition) is 5. The molecule has 2 rings (SSSR count). The van der Waals surface area contributed by atoms with E-state index in [1.165, 1.54) is 19.4 Å². The highest BCUT2D eigenvalue weighted by Gasteiger charge is 2.07. The molecule has 0 saturated heterocycles. The van der Waals surface area contributed by atoms with Gasteiger partial charge in [0.1, 0.15) is 5.82 Å². The molecule has 0 radical (unpaired) electrons. The molecule has 3 N–H and O–H groups in total. The van der Waals surface area contributed by atoms with Crippen molar-refractivity contribution in [2.24, 2.45) is 10.8 Å². The molecule has 2 aromatic rings. The number of benzene rings is 2. The lowest BCUT2D eigenvalue weighted by atomic mass is 10.2. The number of nitrogens with zero attached hydrogens (tertiary/aromatic N) is 1. The van der Waals surface area contributed by atoms with E-state index in [1.54, 1.807) is 18.2 Å². The number of ether oxygens (including phenoxy) is 2. The smallest absolute Gasteiger partial charge is 0.255 e. The highest BCUT2D eigenvalue weighted by Crippen LogP contribution is 2.27. The maximum absolute atomic E-state index is 13.4. The van der Waals surface area contributed by atoms with Gasteiger partial charge in [-0.05, 0) is 35.9 Å². The zero-order chi connectivity index (χ0) is 17.5. The summed E-state index contributed by atoms with van der Waals surface area (Å²) in [5.41, 5.74) is 8.17. The maximum Gasteiger partial charge on any atom is 0.255 e. The van der Waals surface area contributed by atoms with E-state index in [0.717, 1.165) is 12.1 Å². The second-order valence-electron chi connectivity index (χ2n) is 4.66. The molecule has 0 spiro atoms. The molecule has 0 unspecified atom stereocenters. The van der Waals surface area contributed by atoms with Gasteiger partial charge in [-0.15, -0.1) is 0 Å². The lowest BCUT2D eigenvalue weighted by Crippen LogP contribution is -2.20. The summed E-state index contributed by atoms with van der Waals surface area (Å²) >= 11 is 0. The molecule has 0 aliphatic rings. The molecule has 0 saturated carbocycles. The second-order valence-corrected chi connectivity index (χ2v) is 4.66. The number of hydrazone groups is 1. The minimum Gasteiger partial charge on any atom is -0.493 e. The van der Waals surface area contributed by atoms with Crippen LogP contribution in [-0.2, 0) is 4.79 Å². The standard InChI is InChI=1S/C16H15F2N3O3/c1-23-15-6-10(2-5-14(15)24-9-16(19)22)8-20-21-13-4-3-11(17)7-12(13)18/h2-8,21H,9H2,1H3,(H2,19,22)/b20-8+. The van der Waals surface area contributed by atoms with Crippen LogP contribution in [0.1, 0.15) is 5.56 Å². The molecule has 8 heteroatoms. The fourth-order valence-electron chi connectivity index (χ4n) is 1.79. The minimum absolute atomic E-state index is 0.0426. The Labute approximate surface area is 136 Å². The fraction of sp³-hybridized carbons (Fsp3) is 0.125. The van der Waals surface area contributed by atoms with Crippen LogP contribution < -0.4 is 20.6 Å². The number of halogens is 2. The SMILES string of the molecule is COc1cc(/C=N/Nc2ccc(F)cc2F)ccc1OCC(N)=O. The minimum atomic E-state index is -0.750. The fourth-order valence-corrected chi connectivity index (χ4v) is 1.79. The topological polar surface area (TPSA) is 85.9 Å². The molecule has 6 nitrogen and oxygen atoms in total. The number of anilines is 1. The third-order valence-corrected chi connectivity index (χ3v) is 2.89. The van der Waals surface area contributed by atoms with Gasteiger partial charge in [0.2, 0.25) is 0 Å². The molecule has 24 heavy (non-hydrogen) atoms. The quantitative estimate of drug-likeness (QED) is 0.600. The van der Waals surface area contributed by atoms with Gasteiger partial charge in [0.25, 0.3) is 5.91 Å². The Balaban J connectivity index is 2.07. The van der Waals surface area contributed by atoms with E-state index in [4.69, 9.17) is 15.2 Å². The average molecular weight is 335 g/mol. The van der Waals surface area contributed by atoms with Crippen molar-refractivity contribution < 1.29 is 23.0 Å². The first-order chi connectivity index (χ1) is 11.5. The predicted molar refractivity (Wildman–Crippen MR) is 85.3 cm³/mol. The molecular formula is C16H15F2N3O3. The van der Waals surface area contributed by atoms with E-state index >= 15 is 0 Å². The van der Waals surface area contributed by atoms with Crippen molar-refractivity contribution in [1.29, 1.82) is 0 Å². The Bertz CT molecular complexity index is 766. The van der Waals surface area contributed by atoms with Crippen molar-refractivity contribution in [1.82, 2.24) is 0 Å². The van der Waals surface area contributed by atoms with Crippen molar-refractivity contribution in [3.8, 4) is 11.5 Å². The van der Waals surface area contributed by atoms with Crippen molar-refractivity contribution in [2.45, 2.75) is 0 Å². The number of primary amides is 1. The first kappa shape index (κ1) is 17.2. The zero-order valence-electron chi connectivity index (χ0n) is 12.8. The molecular weight excluding hydrogens is 320 g/mol. The predicted octanol–water partition coefficient (Wildman–Crippen LogP) is 2.28. The van der Waals surface area contributed by atoms with E-state index in [9.17, 15) is 13.6 Å². The summed E-state index contributed by atoms with van der Waals surface area (Å²) in [4.78, 5) is 10.7. The molecule has 0 bridgehead atoms. The number of nitrogens with one attached hydrogen (secondary N) is 1. The average Bonchev–Trinajstić information content (AvgIpc) is 2.55. The Morgan fingerprint density at radius 1 is 1.25 bits per heavy atom. The Kier molecular flexibility index (Phi) is 5.67. The van der Waals surface area contributed by atoms with E-state index < -0.39 is 17.5 Å². The monoisotopic (exact) mass is 335 g/mol. The highest BCUT2D eigenvalue weighted by molar-refractivity contribution is 5.81. The Hall–Kier alpha value is -3.16. The highest BCUT2D eigenvalue weighted by atomic mass is 19.1. The molecule has 126 valence electrons. The molecule has 0 heterocycles. The van der Waals surface area contributed by atoms with Gasteiger partial charge >= 0.3 is 0 Å². The van der Waals surface area contributed by atoms with Gasteiger partial charge < -0.3 is 15.2 Å². The molecule has 1 amide bonds. The van der Waals surface area contributed by atoms with Crippen LogP contribution in [0.15, 0.2) is 41.5 Å². The lowest BCUT2D eigenvalue weighted by Gasteiger charge is -2.09. The maximum atomic E-state index is 13.4. The number of rotatable bonds is 7. The van der Waals surface area contributed by atoms with Crippen LogP contribution in [0, 0.1) is 11.6 Å². The number of amides is 1. The summed E-state index contributed by atoms with van der Waals surface area (Å²) in [5, 5.41) is 3.87. The third kappa shape index (κ3) is 4.67. The van der Waals surface area contributed by atoms with E-state index in [0.29, 0.717) is 17.1 Å². The van der Waals surface area contributed by atoms with Crippen LogP contribution in [0.3, 0.4) is 0 Å². The lowest BCUT2D eigenvalue weighted by molar-refractivity contribution is -0.119. The first-order valence-electron chi connectivity index (χ1n) is 6.83. The molecule has 0 aromatic heterocycles. The molecule has 0 atom stereocenters. The van der Waals surface area contributed by atoms with Crippen LogP contribution in [0.5, 0.6) is 11.5 Å². The van der Waals surface area contributed by atoms with Gasteiger partial charge in [-0.25, -0.2) is 8.78 Å². The largest absolute Gasteiger partial charge is 0.493 e. The van der Waals surface area contributed by atoms with E-state index in [-0.39, 0.29) is 12.3 Å². The van der Waals surface area contributed by atoms with Crippen LogP contribution in [0.25, 0.3) is 0 Å². The van der Waals surface area contributed by atoms with Gasteiger partial charge in [0.05, 0.1) is 19.0 Å². The number of nitrogens with two attached hydrogens (primary N) is 1. The molecule has 0 fully saturated rings. The van der Waals surface area contributed by atoms with E-state index in [1.807, 2.05) is 0 Å². The number of methoxy groups -OCH3 is 1. The normalized spacial score (nSPS) is 10.6. The van der Waals surface area contributed by atoms with Crippen molar-refractivity contribution in [3.63, 3.8) is 0 Å². The van der Waals surface area contributed by atoms with Gasteiger partial charge in [-0.2, -0.15) is 5.10 Å². The van der Waals surface area contributed by atoms with Crippen molar-refractivity contribution in [3.05, 3.63) is 53.6 Å². The number of carbonyl (C=O) groups excluding carboxylic acids is 1. The first-order valence-corrected chi connectivity index (χ1v) is 6.83. The van der Waals surface area contributed by atoms with Crippen LogP contribution in [0.2, 0.25) is 0 Å². The summed E-state index contributed by atoms with van der Waals surface area (Å²) in [5.74, 6) is -1.29. The Morgan fingerprint density at radius 3 is 2.71 bits per heavy atom. The summed E-state index contributed by atoms with van der Waals surface area (Å²) in [6.07, 6.45) is 1.42. The molecule has 0 aliphatic carbocycles. The third-order valence-electron chi connectivity index (χ3n) is 2.89. The van der Waals surface area contributed by atoms with Gasteiger partial charge in [-0.3, -0.25) is 10.2 Å². The molecule has 2 aromatic carbocycles. The van der Waals surface area contributed by atoms with E-state index in [2.05, 4.69) is 10.5 Å². The summed E-state index contributed by atoms with van der Waals surface area (Å²) in [6, 6.07) is 7.97. The van der Waals surface area contributed by atoms with Gasteiger partial charge in [0, 0.05) is 6.07 Å². The van der Waals surface area contributed by atoms with Crippen LogP contribution in [-0.4, -0.2) is 25.8 Å². The van der Waals surface area contributed by atoms with Gasteiger partial charge in [0.15, 0.2) is 23.9 Å². The van der Waals surface area contributed by atoms with Crippen LogP contribution in [0.4, 0.5) is 14.5 Å². The van der Waals surface area contributed by atoms with Crippen LogP contribution >= 0.6 is 0 Å². The number of hydrogen-bond donors (Lipinski definition) is 2. The van der Waals surface area contributed by atoms with Gasteiger partial charge in [-0.1, -0.05) is 0 Å². The van der Waals surface area contributed by atoms with Crippen molar-refractivity contribution in [2.75, 3.05) is 19.1 Å². The zero-order valence-corrected chi connectivity index (χ0v) is 12.8. The summed E-state index contributed by atoms with van der Waals surface area (Å²) in [7, 11) is 1.44.